The predicted molar refractivity (Wildman–Crippen MR) is 273 cm³/mol. The number of ether oxygens (including phenoxy) is 3. The maximum Gasteiger partial charge on any atom is 0.258 e. The van der Waals surface area contributed by atoms with E-state index in [1.165, 1.54) is 4.90 Å². The van der Waals surface area contributed by atoms with Crippen molar-refractivity contribution in [3.05, 3.63) is 129 Å². The summed E-state index contributed by atoms with van der Waals surface area (Å²) in [6, 6.07) is 27.3. The number of aryl methyl sites for hydroxylation is 2. The Morgan fingerprint density at radius 2 is 1.65 bits per heavy atom. The van der Waals surface area contributed by atoms with Crippen molar-refractivity contribution in [1.29, 1.82) is 5.26 Å². The number of nitrogens with one attached hydrogen (secondary N) is 3. The van der Waals surface area contributed by atoms with Crippen LogP contribution in [0.15, 0.2) is 96.5 Å². The molecule has 1 saturated heterocycles. The summed E-state index contributed by atoms with van der Waals surface area (Å²) in [4.78, 5) is 61.4. The maximum atomic E-state index is 14.2. The maximum absolute atomic E-state index is 14.2. The molecule has 2 fully saturated rings. The number of nitriles is 1. The van der Waals surface area contributed by atoms with Gasteiger partial charge in [0.05, 0.1) is 39.4 Å². The van der Waals surface area contributed by atoms with Crippen molar-refractivity contribution < 1.29 is 38.5 Å². The Morgan fingerprint density at radius 1 is 0.958 bits per heavy atom. The van der Waals surface area contributed by atoms with E-state index in [1.54, 1.807) is 59.9 Å². The molecule has 7 rings (SSSR count). The first kappa shape index (κ1) is 52.4. The Morgan fingerprint density at radius 3 is 2.30 bits per heavy atom. The molecule has 2 heterocycles. The zero-order chi connectivity index (χ0) is 51.3. The Hall–Kier alpha value is -6.47. The van der Waals surface area contributed by atoms with Gasteiger partial charge in [0.2, 0.25) is 11.8 Å². The molecule has 374 valence electrons. The highest BCUT2D eigenvalue weighted by molar-refractivity contribution is 7.13. The molecule has 5 aromatic rings. The van der Waals surface area contributed by atoms with Gasteiger partial charge in [-0.1, -0.05) is 103 Å². The monoisotopic (exact) mass is 1000 g/mol. The first-order chi connectivity index (χ1) is 33.7. The summed E-state index contributed by atoms with van der Waals surface area (Å²) >= 11 is 7.82. The highest BCUT2D eigenvalue weighted by Gasteiger charge is 2.64. The molecule has 1 aliphatic heterocycles. The van der Waals surface area contributed by atoms with Crippen LogP contribution in [0.2, 0.25) is 5.02 Å². The zero-order valence-corrected chi connectivity index (χ0v) is 43.1. The smallest absolute Gasteiger partial charge is 0.258 e. The van der Waals surface area contributed by atoms with E-state index in [1.807, 2.05) is 75.7 Å². The van der Waals surface area contributed by atoms with Crippen LogP contribution in [0.4, 0.5) is 0 Å². The third-order valence-electron chi connectivity index (χ3n) is 13.4. The molecular weight excluding hydrogens is 940 g/mol. The molecule has 1 aromatic heterocycles. The average molecular weight is 1000 g/mol. The number of β-amino-alcohol motifs (C(OH)–C–C–N with tert-alkyl or cyclic N) is 1. The van der Waals surface area contributed by atoms with Crippen LogP contribution in [0.25, 0.3) is 10.4 Å². The van der Waals surface area contributed by atoms with Crippen molar-refractivity contribution in [2.45, 2.75) is 112 Å². The Bertz CT molecular complexity index is 2750. The molecule has 0 spiro atoms. The lowest BCUT2D eigenvalue weighted by atomic mass is 9.49. The van der Waals surface area contributed by atoms with Gasteiger partial charge in [-0.3, -0.25) is 19.2 Å². The van der Waals surface area contributed by atoms with Gasteiger partial charge in [0.15, 0.2) is 6.61 Å². The van der Waals surface area contributed by atoms with Gasteiger partial charge in [-0.2, -0.15) is 5.26 Å². The number of benzene rings is 4. The normalized spacial score (nSPS) is 19.4. The van der Waals surface area contributed by atoms with Crippen LogP contribution in [-0.4, -0.2) is 88.7 Å². The number of aliphatic hydroxyl groups excluding tert-OH is 1. The van der Waals surface area contributed by atoms with Crippen LogP contribution in [0.5, 0.6) is 17.2 Å². The molecule has 1 saturated carbocycles. The van der Waals surface area contributed by atoms with Crippen LogP contribution >= 0.6 is 22.9 Å². The molecule has 0 radical (unpaired) electrons. The lowest BCUT2D eigenvalue weighted by Gasteiger charge is -2.63. The van der Waals surface area contributed by atoms with E-state index in [0.717, 1.165) is 27.3 Å². The number of amides is 4. The number of rotatable bonds is 18. The van der Waals surface area contributed by atoms with Gasteiger partial charge in [0, 0.05) is 48.0 Å². The van der Waals surface area contributed by atoms with Gasteiger partial charge in [0.1, 0.15) is 41.5 Å². The quantitative estimate of drug-likeness (QED) is 0.0620. The van der Waals surface area contributed by atoms with Crippen LogP contribution in [-0.2, 0) is 27.3 Å². The number of thiazole rings is 1. The molecule has 1 aliphatic carbocycles. The summed E-state index contributed by atoms with van der Waals surface area (Å²) in [6.45, 7) is 15.9. The minimum Gasteiger partial charge on any atom is -0.494 e. The van der Waals surface area contributed by atoms with Crippen molar-refractivity contribution in [3.63, 3.8) is 0 Å². The number of aliphatic hydroxyl groups is 1. The molecule has 16 heteroatoms. The van der Waals surface area contributed by atoms with Gasteiger partial charge in [-0.05, 0) is 84.3 Å². The molecule has 4 aromatic carbocycles. The number of halogens is 1. The SMILES string of the molecule is Cc1ncsc1-c1ccc(CNC(=O)[C@@H]2C[C@@H](O)CN2C(=O)[C@@H](NC(=O)COc2ccccc2CCCOc2ccc(C(=O)N[C@H]3C(C)(C)[C@H](Oc4ccc(C#N)c(Cl)c4)C3(C)C)cc2)C(C)(C)C)cc1. The number of likely N-dealkylation sites (tertiary alicyclic amines) is 1. The van der Waals surface area contributed by atoms with Crippen molar-refractivity contribution in [2.75, 3.05) is 19.8 Å². The first-order valence-corrected chi connectivity index (χ1v) is 25.1. The second-order valence-corrected chi connectivity index (χ2v) is 21.9. The second kappa shape index (κ2) is 21.9. The number of para-hydroxylation sites is 1. The van der Waals surface area contributed by atoms with Crippen LogP contribution in [0.3, 0.4) is 0 Å². The molecule has 4 amide bonds. The fraction of sp³-hybridized carbons (Fsp3) is 0.418. The van der Waals surface area contributed by atoms with Crippen molar-refractivity contribution in [1.82, 2.24) is 25.8 Å². The third kappa shape index (κ3) is 12.2. The fourth-order valence-electron chi connectivity index (χ4n) is 9.94. The first-order valence-electron chi connectivity index (χ1n) is 23.8. The molecule has 14 nitrogen and oxygen atoms in total. The largest absolute Gasteiger partial charge is 0.494 e. The van der Waals surface area contributed by atoms with Gasteiger partial charge in [0.25, 0.3) is 11.8 Å². The van der Waals surface area contributed by atoms with Crippen molar-refractivity contribution in [3.8, 4) is 33.8 Å². The molecule has 4 N–H and O–H groups in total. The van der Waals surface area contributed by atoms with E-state index in [4.69, 9.17) is 25.8 Å². The molecule has 0 unspecified atom stereocenters. The van der Waals surface area contributed by atoms with Crippen LogP contribution in [0, 0.1) is 34.5 Å². The standard InChI is InChI=1S/C55H63ClN6O8S/c1-33-46(71-32-59-33)36-17-15-34(16-18-36)29-58-49(66)43-26-39(63)30-62(43)50(67)47(53(2,3)4)60-45(64)31-69-44-14-10-9-12-35(44)13-11-25-68-40-22-19-37(20-23-40)48(65)61-51-54(5,6)52(55(51,7)8)70-41-24-21-38(28-57)42(56)27-41/h9-10,12,14-24,27,32,39,43,47,51-52,63H,11,13,25-26,29-31H2,1-8H3,(H,58,66)(H,60,64)(H,61,65)/t39-,43+,47-,51-,52-/m1/s1. The second-order valence-electron chi connectivity index (χ2n) is 20.6. The molecule has 3 atom stereocenters. The summed E-state index contributed by atoms with van der Waals surface area (Å²) in [5.41, 5.74) is 4.90. The third-order valence-corrected chi connectivity index (χ3v) is 14.7. The Kier molecular flexibility index (Phi) is 16.1. The van der Waals surface area contributed by atoms with Gasteiger partial charge in [-0.25, -0.2) is 4.98 Å². The van der Waals surface area contributed by atoms with Gasteiger partial charge >= 0.3 is 0 Å². The number of carbonyl (C=O) groups is 4. The number of aromatic nitrogens is 1. The molecule has 71 heavy (non-hydrogen) atoms. The van der Waals surface area contributed by atoms with Crippen molar-refractivity contribution >= 4 is 46.6 Å². The van der Waals surface area contributed by atoms with E-state index in [-0.39, 0.29) is 50.1 Å². The van der Waals surface area contributed by atoms with E-state index < -0.39 is 46.2 Å². The zero-order valence-electron chi connectivity index (χ0n) is 41.5. The van der Waals surface area contributed by atoms with E-state index in [0.29, 0.717) is 52.8 Å². The topological polar surface area (TPSA) is 192 Å². The van der Waals surface area contributed by atoms with E-state index >= 15 is 0 Å². The summed E-state index contributed by atoms with van der Waals surface area (Å²) < 4.78 is 18.4. The summed E-state index contributed by atoms with van der Waals surface area (Å²) in [5.74, 6) is 0.161. The minimum atomic E-state index is -1.00. The predicted octanol–water partition coefficient (Wildman–Crippen LogP) is 8.46. The van der Waals surface area contributed by atoms with Gasteiger partial charge in [-0.15, -0.1) is 11.3 Å². The average Bonchev–Trinajstić information content (AvgIpc) is 3.96. The van der Waals surface area contributed by atoms with Crippen LogP contribution < -0.4 is 30.2 Å². The Balaban J connectivity index is 0.863. The minimum absolute atomic E-state index is 0.0335. The highest BCUT2D eigenvalue weighted by Crippen LogP contribution is 2.55. The highest BCUT2D eigenvalue weighted by atomic mass is 35.5. The summed E-state index contributed by atoms with van der Waals surface area (Å²) in [5, 5.41) is 29.2. The summed E-state index contributed by atoms with van der Waals surface area (Å²) in [6.07, 6.45) is 0.192. The number of carbonyl (C=O) groups excluding carboxylic acids is 4. The molecular formula is C55H63ClN6O8S. The van der Waals surface area contributed by atoms with E-state index in [9.17, 15) is 29.5 Å². The lowest BCUT2D eigenvalue weighted by Crippen LogP contribution is -2.74. The van der Waals surface area contributed by atoms with E-state index in [2.05, 4.69) is 54.7 Å². The summed E-state index contributed by atoms with van der Waals surface area (Å²) in [7, 11) is 0. The van der Waals surface area contributed by atoms with Crippen molar-refractivity contribution in [2.24, 2.45) is 16.2 Å². The van der Waals surface area contributed by atoms with Gasteiger partial charge < -0.3 is 40.2 Å². The Labute approximate surface area is 425 Å². The number of hydrogen-bond donors (Lipinski definition) is 4. The number of nitrogens with zero attached hydrogens (tertiary/aromatic N) is 3. The molecule has 0 bridgehead atoms. The van der Waals surface area contributed by atoms with Crippen LogP contribution in [0.1, 0.15) is 94.1 Å². The lowest BCUT2D eigenvalue weighted by molar-refractivity contribution is -0.164. The fourth-order valence-corrected chi connectivity index (χ4v) is 11.0. The number of hydrogen-bond acceptors (Lipinski definition) is 11. The molecule has 2 aliphatic rings.